The molecule has 0 radical (unpaired) electrons. The van der Waals surface area contributed by atoms with Crippen molar-refractivity contribution in [2.45, 2.75) is 6.42 Å². The average Bonchev–Trinajstić information content (AvgIpc) is 2.81. The molecule has 0 atom stereocenters. The molecule has 0 aliphatic heterocycles. The second-order valence-electron chi connectivity index (χ2n) is 4.36. The molecule has 3 rings (SSSR count). The molecule has 3 aromatic rings. The number of carbonyl (C=O) groups excluding carboxylic acids is 1. The van der Waals surface area contributed by atoms with Gasteiger partial charge in [-0.2, -0.15) is 0 Å². The van der Waals surface area contributed by atoms with Crippen molar-refractivity contribution in [3.63, 3.8) is 0 Å². The van der Waals surface area contributed by atoms with Crippen molar-refractivity contribution in [2.24, 2.45) is 0 Å². The number of aromatic nitrogens is 1. The van der Waals surface area contributed by atoms with E-state index in [-0.39, 0.29) is 12.2 Å². The summed E-state index contributed by atoms with van der Waals surface area (Å²) >= 11 is 13.3. The van der Waals surface area contributed by atoms with Gasteiger partial charge in [0, 0.05) is 16.5 Å². The third-order valence-corrected chi connectivity index (χ3v) is 4.33. The number of hydrogen-bond acceptors (Lipinski definition) is 3. The van der Waals surface area contributed by atoms with Gasteiger partial charge in [-0.3, -0.25) is 4.79 Å². The van der Waals surface area contributed by atoms with E-state index < -0.39 is 0 Å². The van der Waals surface area contributed by atoms with E-state index in [9.17, 15) is 4.79 Å². The lowest BCUT2D eigenvalue weighted by molar-refractivity contribution is 0.0993. The van der Waals surface area contributed by atoms with Gasteiger partial charge >= 0.3 is 0 Å². The Bertz CT molecular complexity index is 744. The van der Waals surface area contributed by atoms with E-state index in [1.165, 1.54) is 11.3 Å². The van der Waals surface area contributed by atoms with Crippen LogP contribution < -0.4 is 0 Å². The van der Waals surface area contributed by atoms with Gasteiger partial charge in [-0.1, -0.05) is 35.3 Å². The molecule has 100 valence electrons. The van der Waals surface area contributed by atoms with Crippen molar-refractivity contribution in [2.75, 3.05) is 0 Å². The molecule has 0 saturated carbocycles. The number of para-hydroxylation sites is 1. The minimum Gasteiger partial charge on any atom is -0.291 e. The first kappa shape index (κ1) is 13.6. The zero-order chi connectivity index (χ0) is 14.1. The lowest BCUT2D eigenvalue weighted by Gasteiger charge is -2.01. The lowest BCUT2D eigenvalue weighted by Crippen LogP contribution is -2.02. The van der Waals surface area contributed by atoms with Crippen molar-refractivity contribution in [1.29, 1.82) is 0 Å². The summed E-state index contributed by atoms with van der Waals surface area (Å²) in [6.07, 6.45) is 0.250. The molecule has 2 nitrogen and oxygen atoms in total. The zero-order valence-electron chi connectivity index (χ0n) is 10.3. The predicted octanol–water partition coefficient (Wildman–Crippen LogP) is 5.03. The number of ketones is 1. The molecule has 0 amide bonds. The molecule has 0 bridgehead atoms. The summed E-state index contributed by atoms with van der Waals surface area (Å²) in [5.41, 5.74) is 1.65. The highest BCUT2D eigenvalue weighted by atomic mass is 35.5. The van der Waals surface area contributed by atoms with Crippen LogP contribution in [0.4, 0.5) is 0 Å². The molecular formula is C15H9Cl2NOS. The highest BCUT2D eigenvalue weighted by molar-refractivity contribution is 7.20. The number of fused-ring (bicyclic) bond motifs is 1. The van der Waals surface area contributed by atoms with Crippen molar-refractivity contribution in [3.8, 4) is 0 Å². The van der Waals surface area contributed by atoms with Crippen LogP contribution in [0.3, 0.4) is 0 Å². The summed E-state index contributed by atoms with van der Waals surface area (Å²) in [4.78, 5) is 16.6. The van der Waals surface area contributed by atoms with Crippen LogP contribution >= 0.6 is 34.5 Å². The molecule has 2 aromatic carbocycles. The van der Waals surface area contributed by atoms with Gasteiger partial charge in [0.1, 0.15) is 0 Å². The first-order chi connectivity index (χ1) is 9.61. The number of halogens is 2. The number of rotatable bonds is 3. The highest BCUT2D eigenvalue weighted by Gasteiger charge is 2.13. The van der Waals surface area contributed by atoms with E-state index in [0.717, 1.165) is 15.8 Å². The number of hydrogen-bond donors (Lipinski definition) is 0. The van der Waals surface area contributed by atoms with Crippen LogP contribution in [0.2, 0.25) is 10.0 Å². The highest BCUT2D eigenvalue weighted by Crippen LogP contribution is 2.24. The van der Waals surface area contributed by atoms with Gasteiger partial charge in [-0.05, 0) is 35.9 Å². The van der Waals surface area contributed by atoms with Gasteiger partial charge in [-0.25, -0.2) is 4.98 Å². The van der Waals surface area contributed by atoms with Crippen molar-refractivity contribution < 1.29 is 4.79 Å². The van der Waals surface area contributed by atoms with Crippen LogP contribution in [0.25, 0.3) is 10.2 Å². The minimum atomic E-state index is -0.0236. The summed E-state index contributed by atoms with van der Waals surface area (Å²) in [6, 6.07) is 12.9. The summed E-state index contributed by atoms with van der Waals surface area (Å²) in [7, 11) is 0. The number of carbonyl (C=O) groups is 1. The SMILES string of the molecule is O=C(Cc1cc(Cl)cc(Cl)c1)c1nc2ccccc2s1. The molecule has 0 fully saturated rings. The number of thiazole rings is 1. The normalized spacial score (nSPS) is 10.9. The summed E-state index contributed by atoms with van der Waals surface area (Å²) in [6.45, 7) is 0. The quantitative estimate of drug-likeness (QED) is 0.633. The number of nitrogens with zero attached hydrogens (tertiary/aromatic N) is 1. The fourth-order valence-corrected chi connectivity index (χ4v) is 3.44. The second kappa shape index (κ2) is 5.52. The Morgan fingerprint density at radius 1 is 1.10 bits per heavy atom. The molecule has 0 saturated heterocycles. The van der Waals surface area contributed by atoms with Crippen LogP contribution in [0.5, 0.6) is 0 Å². The Kier molecular flexibility index (Phi) is 3.74. The van der Waals surface area contributed by atoms with Crippen molar-refractivity contribution >= 4 is 50.5 Å². The van der Waals surface area contributed by atoms with E-state index in [2.05, 4.69) is 4.98 Å². The third-order valence-electron chi connectivity index (χ3n) is 2.82. The summed E-state index contributed by atoms with van der Waals surface area (Å²) in [5, 5.41) is 1.58. The maximum atomic E-state index is 12.3. The Morgan fingerprint density at radius 3 is 2.50 bits per heavy atom. The number of benzene rings is 2. The van der Waals surface area contributed by atoms with Crippen molar-refractivity contribution in [1.82, 2.24) is 4.98 Å². The molecule has 5 heteroatoms. The van der Waals surface area contributed by atoms with Crippen LogP contribution in [-0.4, -0.2) is 10.8 Å². The van der Waals surface area contributed by atoms with E-state index in [1.54, 1.807) is 18.2 Å². The van der Waals surface area contributed by atoms with Gasteiger partial charge in [-0.15, -0.1) is 11.3 Å². The first-order valence-electron chi connectivity index (χ1n) is 5.95. The fourth-order valence-electron chi connectivity index (χ4n) is 1.97. The van der Waals surface area contributed by atoms with Crippen LogP contribution in [0.15, 0.2) is 42.5 Å². The molecule has 0 aliphatic rings. The maximum Gasteiger partial charge on any atom is 0.195 e. The van der Waals surface area contributed by atoms with Gasteiger partial charge in [0.2, 0.25) is 0 Å². The minimum absolute atomic E-state index is 0.0236. The second-order valence-corrected chi connectivity index (χ2v) is 6.27. The maximum absolute atomic E-state index is 12.3. The van der Waals surface area contributed by atoms with Crippen LogP contribution in [0, 0.1) is 0 Å². The lowest BCUT2D eigenvalue weighted by atomic mass is 10.1. The Morgan fingerprint density at radius 2 is 1.80 bits per heavy atom. The summed E-state index contributed by atoms with van der Waals surface area (Å²) < 4.78 is 1.01. The van der Waals surface area contributed by atoms with Gasteiger partial charge in [0.05, 0.1) is 10.2 Å². The molecule has 0 aliphatic carbocycles. The van der Waals surface area contributed by atoms with Crippen molar-refractivity contribution in [3.05, 3.63) is 63.1 Å². The van der Waals surface area contributed by atoms with E-state index in [0.29, 0.717) is 15.1 Å². The molecule has 0 spiro atoms. The smallest absolute Gasteiger partial charge is 0.195 e. The first-order valence-corrected chi connectivity index (χ1v) is 7.53. The van der Waals surface area contributed by atoms with E-state index in [4.69, 9.17) is 23.2 Å². The van der Waals surface area contributed by atoms with Gasteiger partial charge < -0.3 is 0 Å². The average molecular weight is 322 g/mol. The van der Waals surface area contributed by atoms with E-state index in [1.807, 2.05) is 24.3 Å². The molecule has 1 heterocycles. The fraction of sp³-hybridized carbons (Fsp3) is 0.0667. The molecule has 0 N–H and O–H groups in total. The van der Waals surface area contributed by atoms with E-state index >= 15 is 0 Å². The topological polar surface area (TPSA) is 30.0 Å². The monoisotopic (exact) mass is 321 g/mol. The molecule has 20 heavy (non-hydrogen) atoms. The molecular weight excluding hydrogens is 313 g/mol. The van der Waals surface area contributed by atoms with Gasteiger partial charge in [0.25, 0.3) is 0 Å². The number of Topliss-reactive ketones (excluding diaryl/α,β-unsaturated/α-hetero) is 1. The molecule has 1 aromatic heterocycles. The third kappa shape index (κ3) is 2.85. The largest absolute Gasteiger partial charge is 0.291 e. The Balaban J connectivity index is 1.88. The standard InChI is InChI=1S/C15H9Cl2NOS/c16-10-5-9(6-11(17)8-10)7-13(19)15-18-12-3-1-2-4-14(12)20-15/h1-6,8H,7H2. The Labute approximate surface area is 130 Å². The van der Waals surface area contributed by atoms with Crippen LogP contribution in [-0.2, 0) is 6.42 Å². The molecule has 0 unspecified atom stereocenters. The van der Waals surface area contributed by atoms with Gasteiger partial charge in [0.15, 0.2) is 10.8 Å². The predicted molar refractivity (Wildman–Crippen MR) is 84.1 cm³/mol. The van der Waals surface area contributed by atoms with Crippen LogP contribution in [0.1, 0.15) is 15.4 Å². The summed E-state index contributed by atoms with van der Waals surface area (Å²) in [5.74, 6) is -0.0236. The Hall–Kier alpha value is -1.42. The zero-order valence-corrected chi connectivity index (χ0v) is 12.6.